The predicted molar refractivity (Wildman–Crippen MR) is 292 cm³/mol. The highest BCUT2D eigenvalue weighted by atomic mass is 32.2. The normalized spacial score (nSPS) is 17.4. The summed E-state index contributed by atoms with van der Waals surface area (Å²) >= 11 is 0. The van der Waals surface area contributed by atoms with Crippen LogP contribution in [-0.4, -0.2) is 40.0 Å². The fraction of sp³-hybridized carbons (Fsp3) is 0.108. The lowest BCUT2D eigenvalue weighted by molar-refractivity contribution is 0.370. The Hall–Kier alpha value is -8.80. The topological polar surface area (TPSA) is 113 Å². The van der Waals surface area contributed by atoms with Gasteiger partial charge < -0.3 is 9.47 Å². The average molecular weight is 1020 g/mol. The number of benzene rings is 8. The Bertz CT molecular complexity index is 3920. The standard InChI is InChI=1S/C65H46N2O6S2/c1-3-5-35-72-54-29-21-46-38-52(27-19-48(46)40-54)64(56-11-7-9-13-60(56)74(68,69)62-42-66-33-31-58(62)64)50-23-15-44(16-24-50)37-45-17-25-51(26-18-45)65(53-28-20-49-41-55(73-36-6-4-2)30-22-47(49)39-53)57-12-8-10-14-61(57)75(70,71)63-43-67-34-32-59(63)65/h7-34,38-43H,35-37H2,1-2H3. The van der Waals surface area contributed by atoms with Crippen molar-refractivity contribution in [3.05, 3.63) is 262 Å². The first-order valence-electron chi connectivity index (χ1n) is 24.5. The summed E-state index contributed by atoms with van der Waals surface area (Å²) in [4.78, 5) is 9.51. The first kappa shape index (κ1) is 47.2. The van der Waals surface area contributed by atoms with Crippen LogP contribution < -0.4 is 9.47 Å². The molecule has 2 aliphatic heterocycles. The van der Waals surface area contributed by atoms with Crippen molar-refractivity contribution in [3.8, 4) is 35.2 Å². The molecule has 10 heteroatoms. The van der Waals surface area contributed by atoms with E-state index >= 15 is 0 Å². The van der Waals surface area contributed by atoms with E-state index in [1.54, 1.807) is 50.5 Å². The molecule has 4 heterocycles. The Labute approximate surface area is 436 Å². The van der Waals surface area contributed by atoms with Gasteiger partial charge in [-0.1, -0.05) is 133 Å². The van der Waals surface area contributed by atoms with Gasteiger partial charge in [0.1, 0.15) is 24.7 Å². The molecule has 10 aromatic rings. The van der Waals surface area contributed by atoms with Crippen molar-refractivity contribution in [1.82, 2.24) is 9.97 Å². The summed E-state index contributed by atoms with van der Waals surface area (Å²) in [6, 6.07) is 59.7. The van der Waals surface area contributed by atoms with Gasteiger partial charge in [-0.25, -0.2) is 16.8 Å². The lowest BCUT2D eigenvalue weighted by atomic mass is 9.64. The number of ether oxygens (including phenoxy) is 2. The Morgan fingerprint density at radius 2 is 0.787 bits per heavy atom. The average Bonchev–Trinajstić information content (AvgIpc) is 3.46. The summed E-state index contributed by atoms with van der Waals surface area (Å²) in [7, 11) is -7.83. The molecule has 0 spiro atoms. The largest absolute Gasteiger partial charge is 0.481 e. The molecule has 364 valence electrons. The minimum atomic E-state index is -3.92. The highest BCUT2D eigenvalue weighted by Gasteiger charge is 2.50. The number of rotatable bonds is 10. The molecule has 12 rings (SSSR count). The second-order valence-corrected chi connectivity index (χ2v) is 22.5. The molecular formula is C65H46N2O6S2. The van der Waals surface area contributed by atoms with Gasteiger partial charge >= 0.3 is 0 Å². The zero-order valence-electron chi connectivity index (χ0n) is 40.9. The molecule has 0 aliphatic carbocycles. The van der Waals surface area contributed by atoms with Crippen LogP contribution in [0.15, 0.2) is 226 Å². The Balaban J connectivity index is 0.957. The van der Waals surface area contributed by atoms with E-state index in [1.807, 2.05) is 72.8 Å². The van der Waals surface area contributed by atoms with Crippen LogP contribution >= 0.6 is 0 Å². The molecule has 2 aromatic heterocycles. The molecule has 2 aliphatic rings. The highest BCUT2D eigenvalue weighted by Crippen LogP contribution is 2.55. The summed E-state index contributed by atoms with van der Waals surface area (Å²) < 4.78 is 69.5. The molecule has 0 saturated carbocycles. The fourth-order valence-corrected chi connectivity index (χ4v) is 14.8. The molecule has 2 atom stereocenters. The second kappa shape index (κ2) is 18.6. The van der Waals surface area contributed by atoms with Crippen LogP contribution in [0.5, 0.6) is 11.5 Å². The quantitative estimate of drug-likeness (QED) is 0.125. The summed E-state index contributed by atoms with van der Waals surface area (Å²) in [6.07, 6.45) is 6.86. The van der Waals surface area contributed by atoms with Gasteiger partial charge in [-0.2, -0.15) is 0 Å². The Kier molecular flexibility index (Phi) is 11.7. The minimum Gasteiger partial charge on any atom is -0.481 e. The van der Waals surface area contributed by atoms with Crippen LogP contribution in [0.2, 0.25) is 0 Å². The zero-order valence-corrected chi connectivity index (χ0v) is 42.5. The maximum atomic E-state index is 14.4. The molecule has 0 radical (unpaired) electrons. The van der Waals surface area contributed by atoms with E-state index in [1.165, 1.54) is 12.4 Å². The first-order valence-corrected chi connectivity index (χ1v) is 27.5. The van der Waals surface area contributed by atoms with Crippen molar-refractivity contribution in [1.29, 1.82) is 0 Å². The number of nitrogens with zero attached hydrogens (tertiary/aromatic N) is 2. The number of aromatic nitrogens is 2. The molecule has 0 N–H and O–H groups in total. The van der Waals surface area contributed by atoms with Crippen LogP contribution in [0, 0.1) is 23.7 Å². The van der Waals surface area contributed by atoms with Crippen LogP contribution in [-0.2, 0) is 36.9 Å². The third-order valence-electron chi connectivity index (χ3n) is 14.8. The van der Waals surface area contributed by atoms with Crippen LogP contribution in [0.3, 0.4) is 0 Å². The summed E-state index contributed by atoms with van der Waals surface area (Å²) in [5, 5.41) is 3.90. The predicted octanol–water partition coefficient (Wildman–Crippen LogP) is 12.2. The highest BCUT2D eigenvalue weighted by molar-refractivity contribution is 7.92. The van der Waals surface area contributed by atoms with Gasteiger partial charge in [0, 0.05) is 24.8 Å². The van der Waals surface area contributed by atoms with Crippen molar-refractivity contribution in [2.24, 2.45) is 0 Å². The summed E-state index contributed by atoms with van der Waals surface area (Å²) in [5.41, 5.74) is 6.23. The summed E-state index contributed by atoms with van der Waals surface area (Å²) in [6.45, 7) is 4.14. The number of pyridine rings is 2. The van der Waals surface area contributed by atoms with Crippen molar-refractivity contribution in [2.45, 2.75) is 50.7 Å². The van der Waals surface area contributed by atoms with Crippen molar-refractivity contribution >= 4 is 41.2 Å². The monoisotopic (exact) mass is 1010 g/mol. The maximum Gasteiger partial charge on any atom is 0.208 e. The van der Waals surface area contributed by atoms with Gasteiger partial charge in [0.25, 0.3) is 0 Å². The van der Waals surface area contributed by atoms with E-state index < -0.39 is 30.5 Å². The molecular weight excluding hydrogens is 969 g/mol. The lowest BCUT2D eigenvalue weighted by Gasteiger charge is -2.41. The van der Waals surface area contributed by atoms with E-state index in [4.69, 9.17) is 9.47 Å². The second-order valence-electron chi connectivity index (χ2n) is 18.7. The third kappa shape index (κ3) is 7.59. The fourth-order valence-electron chi connectivity index (χ4n) is 11.4. The van der Waals surface area contributed by atoms with Gasteiger partial charge in [0.05, 0.1) is 30.4 Å². The molecule has 2 unspecified atom stereocenters. The van der Waals surface area contributed by atoms with E-state index in [2.05, 4.69) is 119 Å². The van der Waals surface area contributed by atoms with Gasteiger partial charge in [-0.15, -0.1) is 11.8 Å². The van der Waals surface area contributed by atoms with Gasteiger partial charge in [-0.05, 0) is 158 Å². The molecule has 0 saturated heterocycles. The molecule has 8 nitrogen and oxygen atoms in total. The van der Waals surface area contributed by atoms with Crippen LogP contribution in [0.1, 0.15) is 69.5 Å². The summed E-state index contributed by atoms with van der Waals surface area (Å²) in [5.74, 6) is 13.1. The molecule has 8 aromatic carbocycles. The Morgan fingerprint density at radius 3 is 1.21 bits per heavy atom. The van der Waals surface area contributed by atoms with Crippen molar-refractivity contribution < 1.29 is 26.3 Å². The zero-order chi connectivity index (χ0) is 51.4. The lowest BCUT2D eigenvalue weighted by Crippen LogP contribution is -2.37. The maximum absolute atomic E-state index is 14.4. The van der Waals surface area contributed by atoms with Gasteiger partial charge in [-0.3, -0.25) is 9.97 Å². The number of sulfone groups is 2. The van der Waals surface area contributed by atoms with E-state index in [0.29, 0.717) is 40.2 Å². The molecule has 0 amide bonds. The number of hydrogen-bond donors (Lipinski definition) is 0. The molecule has 0 bridgehead atoms. The van der Waals surface area contributed by atoms with Crippen LogP contribution in [0.25, 0.3) is 21.5 Å². The smallest absolute Gasteiger partial charge is 0.208 e. The number of fused-ring (bicyclic) bond motifs is 6. The molecule has 75 heavy (non-hydrogen) atoms. The van der Waals surface area contributed by atoms with Gasteiger partial charge in [0.2, 0.25) is 19.7 Å². The van der Waals surface area contributed by atoms with Crippen molar-refractivity contribution in [3.63, 3.8) is 0 Å². The first-order chi connectivity index (χ1) is 36.6. The molecule has 0 fully saturated rings. The van der Waals surface area contributed by atoms with Gasteiger partial charge in [0.15, 0.2) is 0 Å². The number of hydrogen-bond acceptors (Lipinski definition) is 8. The van der Waals surface area contributed by atoms with E-state index in [0.717, 1.165) is 54.9 Å². The Morgan fingerprint density at radius 1 is 0.413 bits per heavy atom. The van der Waals surface area contributed by atoms with Crippen molar-refractivity contribution in [2.75, 3.05) is 13.2 Å². The van der Waals surface area contributed by atoms with E-state index in [-0.39, 0.29) is 32.8 Å². The minimum absolute atomic E-state index is 0.171. The van der Waals surface area contributed by atoms with E-state index in [9.17, 15) is 16.8 Å². The van der Waals surface area contributed by atoms with Crippen LogP contribution in [0.4, 0.5) is 0 Å². The SMILES string of the molecule is CC#CCOc1ccc2cc(C3(c4ccc(Cc5ccc(C6(c7ccc8cc(OCC#CC)ccc8c7)c7ccccc7S(=O)(=O)c7cnccc76)cc5)cc4)c4ccccc4S(=O)(=O)c4cnccc43)ccc2c1. The third-order valence-corrected chi connectivity index (χ3v) is 18.4.